The second-order valence-electron chi connectivity index (χ2n) is 5.31. The van der Waals surface area contributed by atoms with Gasteiger partial charge in [0.15, 0.2) is 0 Å². The summed E-state index contributed by atoms with van der Waals surface area (Å²) in [6.07, 6.45) is 0.122. The number of carbonyl (C=O) groups excluding carboxylic acids is 1. The Balaban J connectivity index is 1.95. The summed E-state index contributed by atoms with van der Waals surface area (Å²) in [6.45, 7) is 8.19. The van der Waals surface area contributed by atoms with Crippen molar-refractivity contribution in [2.24, 2.45) is 0 Å². The molecule has 0 bridgehead atoms. The van der Waals surface area contributed by atoms with Crippen molar-refractivity contribution in [3.63, 3.8) is 0 Å². The summed E-state index contributed by atoms with van der Waals surface area (Å²) in [7, 11) is 0. The molecule has 1 aromatic carbocycles. The minimum Gasteiger partial charge on any atom is -0.491 e. The molecule has 0 aliphatic rings. The highest BCUT2D eigenvalue weighted by Crippen LogP contribution is 2.15. The van der Waals surface area contributed by atoms with Gasteiger partial charge in [0.25, 0.3) is 5.91 Å². The molecule has 0 aliphatic heterocycles. The summed E-state index contributed by atoms with van der Waals surface area (Å²) in [5, 5.41) is 2.89. The van der Waals surface area contributed by atoms with Crippen LogP contribution in [0.3, 0.4) is 0 Å². The molecular formula is C17H21NO3. The lowest BCUT2D eigenvalue weighted by Gasteiger charge is -2.10. The zero-order chi connectivity index (χ0) is 15.4. The van der Waals surface area contributed by atoms with E-state index in [-0.39, 0.29) is 12.0 Å². The molecule has 0 unspecified atom stereocenters. The number of ether oxygens (including phenoxy) is 1. The van der Waals surface area contributed by atoms with Gasteiger partial charge in [-0.1, -0.05) is 0 Å². The normalized spacial score (nSPS) is 10.7. The molecule has 0 atom stereocenters. The Kier molecular flexibility index (Phi) is 4.68. The van der Waals surface area contributed by atoms with Crippen molar-refractivity contribution >= 4 is 5.91 Å². The van der Waals surface area contributed by atoms with E-state index in [2.05, 4.69) is 5.32 Å². The van der Waals surface area contributed by atoms with Gasteiger partial charge in [0.2, 0.25) is 0 Å². The molecule has 0 saturated heterocycles. The van der Waals surface area contributed by atoms with Crippen LogP contribution in [0.25, 0.3) is 0 Å². The van der Waals surface area contributed by atoms with Crippen LogP contribution in [0.2, 0.25) is 0 Å². The zero-order valence-electron chi connectivity index (χ0n) is 12.9. The van der Waals surface area contributed by atoms with Gasteiger partial charge in [0.05, 0.1) is 6.10 Å². The Hall–Kier alpha value is -2.23. The third-order valence-electron chi connectivity index (χ3n) is 3.07. The summed E-state index contributed by atoms with van der Waals surface area (Å²) >= 11 is 0. The average molecular weight is 287 g/mol. The molecule has 2 aromatic rings. The molecule has 1 heterocycles. The van der Waals surface area contributed by atoms with E-state index < -0.39 is 0 Å². The fourth-order valence-electron chi connectivity index (χ4n) is 2.09. The molecule has 2 rings (SSSR count). The van der Waals surface area contributed by atoms with Crippen molar-refractivity contribution in [2.75, 3.05) is 0 Å². The highest BCUT2D eigenvalue weighted by Gasteiger charge is 2.09. The Labute approximate surface area is 125 Å². The van der Waals surface area contributed by atoms with Crippen molar-refractivity contribution in [1.82, 2.24) is 5.32 Å². The highest BCUT2D eigenvalue weighted by atomic mass is 16.5. The second-order valence-corrected chi connectivity index (χ2v) is 5.31. The largest absolute Gasteiger partial charge is 0.491 e. The monoisotopic (exact) mass is 287 g/mol. The number of aryl methyl sites for hydroxylation is 2. The maximum absolute atomic E-state index is 12.1. The third kappa shape index (κ3) is 4.12. The Morgan fingerprint density at radius 2 is 1.90 bits per heavy atom. The van der Waals surface area contributed by atoms with Crippen LogP contribution in [0.5, 0.6) is 5.75 Å². The van der Waals surface area contributed by atoms with Crippen molar-refractivity contribution in [2.45, 2.75) is 40.3 Å². The van der Waals surface area contributed by atoms with Crippen LogP contribution >= 0.6 is 0 Å². The lowest BCUT2D eigenvalue weighted by atomic mass is 10.2. The topological polar surface area (TPSA) is 51.5 Å². The number of furan rings is 1. The van der Waals surface area contributed by atoms with E-state index in [4.69, 9.17) is 9.15 Å². The van der Waals surface area contributed by atoms with Crippen LogP contribution < -0.4 is 10.1 Å². The molecule has 0 spiro atoms. The summed E-state index contributed by atoms with van der Waals surface area (Å²) in [4.78, 5) is 12.1. The molecular weight excluding hydrogens is 266 g/mol. The fraction of sp³-hybridized carbons (Fsp3) is 0.353. The number of nitrogens with one attached hydrogen (secondary N) is 1. The van der Waals surface area contributed by atoms with Crippen LogP contribution in [0.4, 0.5) is 0 Å². The van der Waals surface area contributed by atoms with Crippen molar-refractivity contribution in [3.05, 3.63) is 53.0 Å². The molecule has 1 aromatic heterocycles. The van der Waals surface area contributed by atoms with Gasteiger partial charge in [-0.25, -0.2) is 0 Å². The predicted octanol–water partition coefficient (Wildman–Crippen LogP) is 3.61. The summed E-state index contributed by atoms with van der Waals surface area (Å²) in [5.74, 6) is 2.35. The van der Waals surface area contributed by atoms with Crippen LogP contribution in [-0.2, 0) is 6.54 Å². The number of hydrogen-bond donors (Lipinski definition) is 1. The van der Waals surface area contributed by atoms with Crippen molar-refractivity contribution in [1.29, 1.82) is 0 Å². The number of hydrogen-bond acceptors (Lipinski definition) is 3. The van der Waals surface area contributed by atoms with E-state index >= 15 is 0 Å². The molecule has 0 aliphatic carbocycles. The van der Waals surface area contributed by atoms with Crippen molar-refractivity contribution < 1.29 is 13.9 Å². The van der Waals surface area contributed by atoms with Gasteiger partial charge in [0.1, 0.15) is 17.3 Å². The number of rotatable bonds is 5. The first-order valence-corrected chi connectivity index (χ1v) is 7.06. The van der Waals surface area contributed by atoms with Gasteiger partial charge in [-0.3, -0.25) is 4.79 Å². The second kappa shape index (κ2) is 6.48. The number of benzene rings is 1. The minimum atomic E-state index is -0.107. The lowest BCUT2D eigenvalue weighted by molar-refractivity contribution is 0.0951. The Bertz CT molecular complexity index is 611. The van der Waals surface area contributed by atoms with E-state index in [9.17, 15) is 4.79 Å². The van der Waals surface area contributed by atoms with Gasteiger partial charge in [-0.15, -0.1) is 0 Å². The zero-order valence-corrected chi connectivity index (χ0v) is 12.9. The Morgan fingerprint density at radius 3 is 2.43 bits per heavy atom. The smallest absolute Gasteiger partial charge is 0.251 e. The summed E-state index contributed by atoms with van der Waals surface area (Å²) < 4.78 is 11.0. The van der Waals surface area contributed by atoms with Crippen LogP contribution in [0, 0.1) is 13.8 Å². The quantitative estimate of drug-likeness (QED) is 0.914. The molecule has 1 amide bonds. The summed E-state index contributed by atoms with van der Waals surface area (Å²) in [5.41, 5.74) is 1.62. The van der Waals surface area contributed by atoms with Crippen LogP contribution in [0.1, 0.15) is 41.3 Å². The first kappa shape index (κ1) is 15.2. The molecule has 0 fully saturated rings. The highest BCUT2D eigenvalue weighted by molar-refractivity contribution is 5.94. The van der Waals surface area contributed by atoms with E-state index in [0.717, 1.165) is 22.8 Å². The SMILES string of the molecule is Cc1cc(CNC(=O)c2ccc(OC(C)C)cc2)c(C)o1. The van der Waals surface area contributed by atoms with E-state index in [1.54, 1.807) is 12.1 Å². The molecule has 112 valence electrons. The minimum absolute atomic E-state index is 0.107. The van der Waals surface area contributed by atoms with E-state index in [1.165, 1.54) is 0 Å². The van der Waals surface area contributed by atoms with Crippen LogP contribution in [0.15, 0.2) is 34.7 Å². The molecule has 1 N–H and O–H groups in total. The maximum Gasteiger partial charge on any atom is 0.251 e. The molecule has 21 heavy (non-hydrogen) atoms. The summed E-state index contributed by atoms with van der Waals surface area (Å²) in [6, 6.07) is 9.08. The van der Waals surface area contributed by atoms with Gasteiger partial charge in [-0.05, 0) is 58.0 Å². The molecule has 0 saturated carbocycles. The van der Waals surface area contributed by atoms with Gasteiger partial charge in [0, 0.05) is 17.7 Å². The van der Waals surface area contributed by atoms with E-state index in [0.29, 0.717) is 12.1 Å². The standard InChI is InChI=1S/C17H21NO3/c1-11(2)20-16-7-5-14(6-8-16)17(19)18-10-15-9-12(3)21-13(15)4/h5-9,11H,10H2,1-4H3,(H,18,19). The number of carbonyl (C=O) groups is 1. The molecule has 0 radical (unpaired) electrons. The lowest BCUT2D eigenvalue weighted by Crippen LogP contribution is -2.22. The fourth-order valence-corrected chi connectivity index (χ4v) is 2.09. The van der Waals surface area contributed by atoms with Gasteiger partial charge >= 0.3 is 0 Å². The van der Waals surface area contributed by atoms with Crippen LogP contribution in [-0.4, -0.2) is 12.0 Å². The first-order valence-electron chi connectivity index (χ1n) is 7.06. The van der Waals surface area contributed by atoms with E-state index in [1.807, 2.05) is 45.9 Å². The first-order chi connectivity index (χ1) is 9.95. The van der Waals surface area contributed by atoms with Gasteiger partial charge < -0.3 is 14.5 Å². The predicted molar refractivity (Wildman–Crippen MR) is 81.6 cm³/mol. The van der Waals surface area contributed by atoms with Crippen molar-refractivity contribution in [3.8, 4) is 5.75 Å². The maximum atomic E-state index is 12.1. The number of amides is 1. The Morgan fingerprint density at radius 1 is 1.24 bits per heavy atom. The molecule has 4 nitrogen and oxygen atoms in total. The molecule has 4 heteroatoms. The average Bonchev–Trinajstić information content (AvgIpc) is 2.74. The third-order valence-corrected chi connectivity index (χ3v) is 3.07. The van der Waals surface area contributed by atoms with Gasteiger partial charge in [-0.2, -0.15) is 0 Å².